The fraction of sp³-hybridized carbons (Fsp3) is 0.636. The lowest BCUT2D eigenvalue weighted by Gasteiger charge is -2.23. The van der Waals surface area contributed by atoms with Crippen molar-refractivity contribution in [3.05, 3.63) is 17.8 Å². The number of aromatic nitrogens is 2. The molecule has 1 aliphatic rings. The van der Waals surface area contributed by atoms with E-state index >= 15 is 0 Å². The molecule has 1 aliphatic heterocycles. The van der Waals surface area contributed by atoms with Gasteiger partial charge in [-0.25, -0.2) is 4.98 Å². The molecule has 0 unspecified atom stereocenters. The van der Waals surface area contributed by atoms with Crippen LogP contribution in [0.5, 0.6) is 5.88 Å². The van der Waals surface area contributed by atoms with Gasteiger partial charge in [0, 0.05) is 6.54 Å². The lowest BCUT2D eigenvalue weighted by molar-refractivity contribution is 0.152. The molecule has 1 saturated heterocycles. The van der Waals surface area contributed by atoms with Crippen LogP contribution < -0.4 is 10.1 Å². The normalized spacial score (nSPS) is 20.8. The fourth-order valence-corrected chi connectivity index (χ4v) is 1.79. The number of piperidine rings is 1. The molecule has 0 saturated carbocycles. The minimum atomic E-state index is -0.421. The second kappa shape index (κ2) is 5.21. The molecule has 0 amide bonds. The van der Waals surface area contributed by atoms with E-state index in [2.05, 4.69) is 15.3 Å². The Hall–Kier alpha value is -1.23. The van der Waals surface area contributed by atoms with Gasteiger partial charge in [-0.15, -0.1) is 0 Å². The number of hydrogen-bond donors (Lipinski definition) is 1. The molecular weight excluding hydrogens is 209 g/mol. The summed E-state index contributed by atoms with van der Waals surface area (Å²) in [6, 6.07) is 0. The summed E-state index contributed by atoms with van der Waals surface area (Å²) in [6.07, 6.45) is 3.92. The molecule has 0 spiro atoms. The predicted octanol–water partition coefficient (Wildman–Crippen LogP) is 1.31. The van der Waals surface area contributed by atoms with Gasteiger partial charge in [0.25, 0.3) is 5.88 Å². The van der Waals surface area contributed by atoms with Crippen LogP contribution in [0.15, 0.2) is 6.33 Å². The molecule has 0 bridgehead atoms. The van der Waals surface area contributed by atoms with E-state index in [1.54, 1.807) is 0 Å². The van der Waals surface area contributed by atoms with Crippen molar-refractivity contribution in [3.63, 3.8) is 0 Å². The minimum absolute atomic E-state index is 0.0165. The molecule has 2 rings (SSSR count). The van der Waals surface area contributed by atoms with Crippen LogP contribution in [0.2, 0.25) is 0 Å². The molecule has 0 radical (unpaired) electrons. The monoisotopic (exact) mass is 225 g/mol. The van der Waals surface area contributed by atoms with Crippen molar-refractivity contribution in [2.75, 3.05) is 13.1 Å². The van der Waals surface area contributed by atoms with Crippen LogP contribution in [0.1, 0.15) is 25.5 Å². The Bertz CT molecular complexity index is 353. The number of ether oxygens (including phenoxy) is 1. The molecule has 0 aliphatic carbocycles. The van der Waals surface area contributed by atoms with Crippen molar-refractivity contribution in [2.24, 2.45) is 0 Å². The van der Waals surface area contributed by atoms with Gasteiger partial charge in [-0.05, 0) is 25.8 Å². The summed E-state index contributed by atoms with van der Waals surface area (Å²) in [4.78, 5) is 7.71. The topological polar surface area (TPSA) is 47.0 Å². The van der Waals surface area contributed by atoms with Crippen molar-refractivity contribution in [3.8, 4) is 5.88 Å². The Balaban J connectivity index is 2.08. The van der Waals surface area contributed by atoms with E-state index in [9.17, 15) is 4.39 Å². The van der Waals surface area contributed by atoms with E-state index < -0.39 is 5.82 Å². The van der Waals surface area contributed by atoms with Crippen LogP contribution in [0.4, 0.5) is 4.39 Å². The summed E-state index contributed by atoms with van der Waals surface area (Å²) in [7, 11) is 0. The van der Waals surface area contributed by atoms with Gasteiger partial charge in [-0.1, -0.05) is 6.92 Å². The molecule has 5 heteroatoms. The summed E-state index contributed by atoms with van der Waals surface area (Å²) in [5.41, 5.74) is 0.411. The first-order valence-corrected chi connectivity index (χ1v) is 5.68. The van der Waals surface area contributed by atoms with Gasteiger partial charge in [0.2, 0.25) is 5.82 Å². The highest BCUT2D eigenvalue weighted by molar-refractivity contribution is 5.17. The maximum Gasteiger partial charge on any atom is 0.254 e. The summed E-state index contributed by atoms with van der Waals surface area (Å²) in [5, 5.41) is 3.21. The Labute approximate surface area is 94.2 Å². The zero-order chi connectivity index (χ0) is 11.4. The van der Waals surface area contributed by atoms with Gasteiger partial charge in [0.15, 0.2) is 0 Å². The van der Waals surface area contributed by atoms with Gasteiger partial charge < -0.3 is 10.1 Å². The third kappa shape index (κ3) is 2.47. The molecule has 16 heavy (non-hydrogen) atoms. The molecule has 1 atom stereocenters. The maximum absolute atomic E-state index is 13.8. The first-order valence-electron chi connectivity index (χ1n) is 5.68. The Kier molecular flexibility index (Phi) is 3.66. The van der Waals surface area contributed by atoms with Crippen molar-refractivity contribution < 1.29 is 9.13 Å². The average molecular weight is 225 g/mol. The van der Waals surface area contributed by atoms with E-state index in [0.717, 1.165) is 25.9 Å². The number of halogens is 1. The zero-order valence-corrected chi connectivity index (χ0v) is 9.37. The highest BCUT2D eigenvalue weighted by Gasteiger charge is 2.18. The van der Waals surface area contributed by atoms with E-state index in [1.807, 2.05) is 6.92 Å². The fourth-order valence-electron chi connectivity index (χ4n) is 1.79. The van der Waals surface area contributed by atoms with E-state index in [-0.39, 0.29) is 12.0 Å². The Morgan fingerprint density at radius 1 is 1.56 bits per heavy atom. The molecule has 88 valence electrons. The third-order valence-electron chi connectivity index (χ3n) is 2.69. The number of aryl methyl sites for hydroxylation is 1. The first-order chi connectivity index (χ1) is 7.81. The van der Waals surface area contributed by atoms with Crippen molar-refractivity contribution >= 4 is 0 Å². The highest BCUT2D eigenvalue weighted by atomic mass is 19.1. The quantitative estimate of drug-likeness (QED) is 0.842. The summed E-state index contributed by atoms with van der Waals surface area (Å²) in [5.74, 6) is -0.337. The van der Waals surface area contributed by atoms with Crippen LogP contribution >= 0.6 is 0 Å². The Morgan fingerprint density at radius 2 is 2.44 bits per heavy atom. The van der Waals surface area contributed by atoms with Gasteiger partial charge in [-0.3, -0.25) is 0 Å². The average Bonchev–Trinajstić information content (AvgIpc) is 2.33. The molecular formula is C11H16FN3O. The third-order valence-corrected chi connectivity index (χ3v) is 2.69. The highest BCUT2D eigenvalue weighted by Crippen LogP contribution is 2.18. The maximum atomic E-state index is 13.8. The summed E-state index contributed by atoms with van der Waals surface area (Å²) >= 11 is 0. The molecule has 1 fully saturated rings. The SMILES string of the molecule is CCc1ncnc(O[C@H]2CCCNC2)c1F. The number of hydrogen-bond acceptors (Lipinski definition) is 4. The predicted molar refractivity (Wildman–Crippen MR) is 57.9 cm³/mol. The number of nitrogens with zero attached hydrogens (tertiary/aromatic N) is 2. The van der Waals surface area contributed by atoms with E-state index in [4.69, 9.17) is 4.74 Å². The molecule has 1 aromatic rings. The zero-order valence-electron chi connectivity index (χ0n) is 9.37. The van der Waals surface area contributed by atoms with Crippen LogP contribution in [0.25, 0.3) is 0 Å². The van der Waals surface area contributed by atoms with Crippen LogP contribution in [0.3, 0.4) is 0 Å². The largest absolute Gasteiger partial charge is 0.471 e. The minimum Gasteiger partial charge on any atom is -0.471 e. The summed E-state index contributed by atoms with van der Waals surface area (Å²) in [6.45, 7) is 3.62. The second-order valence-corrected chi connectivity index (χ2v) is 3.88. The van der Waals surface area contributed by atoms with Crippen molar-refractivity contribution in [1.29, 1.82) is 0 Å². The van der Waals surface area contributed by atoms with Gasteiger partial charge in [-0.2, -0.15) is 9.37 Å². The van der Waals surface area contributed by atoms with Crippen LogP contribution in [-0.4, -0.2) is 29.2 Å². The molecule has 2 heterocycles. The first kappa shape index (κ1) is 11.3. The standard InChI is InChI=1S/C11H16FN3O/c1-2-9-10(12)11(15-7-14-9)16-8-4-3-5-13-6-8/h7-8,13H,2-6H2,1H3/t8-/m0/s1. The Morgan fingerprint density at radius 3 is 3.12 bits per heavy atom. The molecule has 1 N–H and O–H groups in total. The smallest absolute Gasteiger partial charge is 0.254 e. The number of rotatable bonds is 3. The van der Waals surface area contributed by atoms with Crippen LogP contribution in [0, 0.1) is 5.82 Å². The summed E-state index contributed by atoms with van der Waals surface area (Å²) < 4.78 is 19.3. The van der Waals surface area contributed by atoms with Gasteiger partial charge in [0.05, 0.1) is 5.69 Å². The van der Waals surface area contributed by atoms with Gasteiger partial charge >= 0.3 is 0 Å². The molecule has 4 nitrogen and oxygen atoms in total. The molecule has 1 aromatic heterocycles. The van der Waals surface area contributed by atoms with Crippen molar-refractivity contribution in [1.82, 2.24) is 15.3 Å². The van der Waals surface area contributed by atoms with E-state index in [1.165, 1.54) is 6.33 Å². The lowest BCUT2D eigenvalue weighted by atomic mass is 10.1. The second-order valence-electron chi connectivity index (χ2n) is 3.88. The van der Waals surface area contributed by atoms with E-state index in [0.29, 0.717) is 12.1 Å². The molecule has 0 aromatic carbocycles. The van der Waals surface area contributed by atoms with Crippen molar-refractivity contribution in [2.45, 2.75) is 32.3 Å². The number of nitrogens with one attached hydrogen (secondary N) is 1. The van der Waals surface area contributed by atoms with Gasteiger partial charge in [0.1, 0.15) is 12.4 Å². The lowest BCUT2D eigenvalue weighted by Crippen LogP contribution is -2.37. The van der Waals surface area contributed by atoms with Crippen LogP contribution in [-0.2, 0) is 6.42 Å².